The quantitative estimate of drug-likeness (QED) is 0.752. The number of hydrogen-bond acceptors (Lipinski definition) is 4. The molecule has 26 heavy (non-hydrogen) atoms. The number of phenols is 1. The van der Waals surface area contributed by atoms with Crippen LogP contribution in [0.25, 0.3) is 22.3 Å². The van der Waals surface area contributed by atoms with Crippen LogP contribution in [0.15, 0.2) is 30.3 Å². The molecule has 2 aliphatic rings. The van der Waals surface area contributed by atoms with E-state index in [2.05, 4.69) is 15.2 Å². The largest absolute Gasteiger partial charge is 0.507 e. The van der Waals surface area contributed by atoms with Gasteiger partial charge in [0, 0.05) is 41.2 Å². The van der Waals surface area contributed by atoms with E-state index in [0.717, 1.165) is 18.5 Å². The molecule has 3 aromatic rings. The summed E-state index contributed by atoms with van der Waals surface area (Å²) in [5.74, 6) is 0.0931. The summed E-state index contributed by atoms with van der Waals surface area (Å²) in [5.41, 5.74) is 3.01. The van der Waals surface area contributed by atoms with E-state index in [0.29, 0.717) is 40.8 Å². The molecule has 0 bridgehead atoms. The normalized spacial score (nSPS) is 20.7. The lowest BCUT2D eigenvalue weighted by atomic mass is 9.95. The summed E-state index contributed by atoms with van der Waals surface area (Å²) in [4.78, 5) is 5.12. The smallest absolute Gasteiger partial charge is 0.258 e. The van der Waals surface area contributed by atoms with E-state index in [-0.39, 0.29) is 11.8 Å². The number of benzene rings is 1. The summed E-state index contributed by atoms with van der Waals surface area (Å²) in [6.07, 6.45) is 0.223. The summed E-state index contributed by atoms with van der Waals surface area (Å²) in [7, 11) is 0. The van der Waals surface area contributed by atoms with Crippen LogP contribution in [0, 0.1) is 0 Å². The summed E-state index contributed by atoms with van der Waals surface area (Å²) in [5, 5.41) is 19.1. The first-order chi connectivity index (χ1) is 12.6. The number of aromatic amines is 1. The van der Waals surface area contributed by atoms with Gasteiger partial charge in [-0.25, -0.2) is 8.78 Å². The summed E-state index contributed by atoms with van der Waals surface area (Å²) >= 11 is 0. The second-order valence-electron chi connectivity index (χ2n) is 7.02. The van der Waals surface area contributed by atoms with Crippen molar-refractivity contribution in [3.8, 4) is 17.0 Å². The lowest BCUT2D eigenvalue weighted by Gasteiger charge is -2.35. The molecule has 0 amide bonds. The van der Waals surface area contributed by atoms with Crippen molar-refractivity contribution in [2.45, 2.75) is 37.8 Å². The van der Waals surface area contributed by atoms with Crippen LogP contribution in [0.4, 0.5) is 8.78 Å². The Bertz CT molecular complexity index is 983. The predicted octanol–water partition coefficient (Wildman–Crippen LogP) is 3.66. The van der Waals surface area contributed by atoms with Crippen molar-refractivity contribution in [2.24, 2.45) is 0 Å². The zero-order valence-electron chi connectivity index (χ0n) is 14.0. The highest BCUT2D eigenvalue weighted by molar-refractivity contribution is 5.86. The molecule has 3 heterocycles. The third kappa shape index (κ3) is 2.38. The van der Waals surface area contributed by atoms with Gasteiger partial charge >= 0.3 is 0 Å². The molecule has 5 rings (SSSR count). The van der Waals surface area contributed by atoms with Gasteiger partial charge in [-0.15, -0.1) is 10.2 Å². The van der Waals surface area contributed by atoms with E-state index in [1.165, 1.54) is 0 Å². The predicted molar refractivity (Wildman–Crippen MR) is 93.2 cm³/mol. The number of nitrogens with zero attached hydrogens (tertiary/aromatic N) is 3. The summed E-state index contributed by atoms with van der Waals surface area (Å²) in [6, 6.07) is 7.95. The first-order valence-electron chi connectivity index (χ1n) is 8.84. The van der Waals surface area contributed by atoms with Gasteiger partial charge in [-0.05, 0) is 31.0 Å². The molecule has 1 aliphatic heterocycles. The van der Waals surface area contributed by atoms with Gasteiger partial charge in [0.05, 0.1) is 11.7 Å². The molecule has 0 radical (unpaired) electrons. The lowest BCUT2D eigenvalue weighted by Crippen LogP contribution is -2.40. The Kier molecular flexibility index (Phi) is 3.46. The average Bonchev–Trinajstić information content (AvgIpc) is 3.41. The number of H-pyrrole nitrogens is 1. The first-order valence-corrected chi connectivity index (χ1v) is 8.84. The SMILES string of the molecule is Oc1ccccc1-c1cc2c3c([nH]c2nn1)CCN(C1CC1)[C@H]3C(F)F. The number of rotatable bonds is 3. The second-order valence-corrected chi connectivity index (χ2v) is 7.02. The second kappa shape index (κ2) is 5.74. The minimum absolute atomic E-state index is 0.0931. The van der Waals surface area contributed by atoms with Crippen molar-refractivity contribution in [3.63, 3.8) is 0 Å². The molecule has 1 fully saturated rings. The molecule has 1 aliphatic carbocycles. The average molecular weight is 356 g/mol. The number of phenolic OH excluding ortho intramolecular Hbond substituents is 1. The van der Waals surface area contributed by atoms with Crippen molar-refractivity contribution in [2.75, 3.05) is 6.54 Å². The Morgan fingerprint density at radius 3 is 2.73 bits per heavy atom. The van der Waals surface area contributed by atoms with Gasteiger partial charge in [-0.3, -0.25) is 4.90 Å². The van der Waals surface area contributed by atoms with Crippen molar-refractivity contribution in [1.82, 2.24) is 20.1 Å². The van der Waals surface area contributed by atoms with E-state index in [4.69, 9.17) is 0 Å². The molecule has 1 atom stereocenters. The zero-order valence-corrected chi connectivity index (χ0v) is 14.0. The molecule has 0 saturated heterocycles. The number of para-hydroxylation sites is 1. The third-order valence-electron chi connectivity index (χ3n) is 5.39. The van der Waals surface area contributed by atoms with Crippen LogP contribution in [0.1, 0.15) is 30.1 Å². The lowest BCUT2D eigenvalue weighted by molar-refractivity contribution is 0.0141. The molecule has 2 aromatic heterocycles. The fraction of sp³-hybridized carbons (Fsp3) is 0.368. The highest BCUT2D eigenvalue weighted by Gasteiger charge is 2.43. The van der Waals surface area contributed by atoms with E-state index in [1.807, 2.05) is 4.90 Å². The topological polar surface area (TPSA) is 65.0 Å². The minimum atomic E-state index is -2.46. The number of fused-ring (bicyclic) bond motifs is 3. The molecule has 1 saturated carbocycles. The maximum absolute atomic E-state index is 14.0. The first kappa shape index (κ1) is 15.7. The van der Waals surface area contributed by atoms with Crippen molar-refractivity contribution < 1.29 is 13.9 Å². The van der Waals surface area contributed by atoms with Crippen LogP contribution in [-0.2, 0) is 6.42 Å². The van der Waals surface area contributed by atoms with E-state index in [1.54, 1.807) is 30.3 Å². The number of alkyl halides is 2. The van der Waals surface area contributed by atoms with E-state index < -0.39 is 12.5 Å². The zero-order chi connectivity index (χ0) is 17.8. The Balaban J connectivity index is 1.68. The Morgan fingerprint density at radius 1 is 1.19 bits per heavy atom. The molecule has 5 nitrogen and oxygen atoms in total. The molecule has 0 spiro atoms. The molecular formula is C19H18F2N4O. The van der Waals surface area contributed by atoms with Crippen LogP contribution in [0.5, 0.6) is 5.75 Å². The van der Waals surface area contributed by atoms with Crippen LogP contribution in [0.2, 0.25) is 0 Å². The van der Waals surface area contributed by atoms with E-state index >= 15 is 0 Å². The summed E-state index contributed by atoms with van der Waals surface area (Å²) in [6.45, 7) is 0.638. The van der Waals surface area contributed by atoms with Gasteiger partial charge in [-0.2, -0.15) is 0 Å². The Hall–Kier alpha value is -2.54. The van der Waals surface area contributed by atoms with Gasteiger partial charge < -0.3 is 10.1 Å². The van der Waals surface area contributed by atoms with Crippen molar-refractivity contribution in [1.29, 1.82) is 0 Å². The molecule has 134 valence electrons. The molecular weight excluding hydrogens is 338 g/mol. The maximum Gasteiger partial charge on any atom is 0.258 e. The van der Waals surface area contributed by atoms with Gasteiger partial charge in [0.2, 0.25) is 0 Å². The molecule has 7 heteroatoms. The van der Waals surface area contributed by atoms with Crippen LogP contribution in [0.3, 0.4) is 0 Å². The van der Waals surface area contributed by atoms with E-state index in [9.17, 15) is 13.9 Å². The fourth-order valence-corrected chi connectivity index (χ4v) is 4.05. The standard InChI is InChI=1S/C19H18F2N4O/c20-18(21)17-16-12-9-14(11-3-1-2-4-15(11)26)23-24-19(12)22-13(16)7-8-25(17)10-5-6-10/h1-4,9-10,17-18,26H,5-8H2,(H,22,24)/t17-/m1/s1. The minimum Gasteiger partial charge on any atom is -0.507 e. The number of aromatic hydroxyl groups is 1. The van der Waals surface area contributed by atoms with Gasteiger partial charge in [0.1, 0.15) is 5.75 Å². The number of halogens is 2. The maximum atomic E-state index is 14.0. The number of hydrogen-bond donors (Lipinski definition) is 2. The van der Waals surface area contributed by atoms with Crippen molar-refractivity contribution in [3.05, 3.63) is 41.6 Å². The Morgan fingerprint density at radius 2 is 2.00 bits per heavy atom. The summed E-state index contributed by atoms with van der Waals surface area (Å²) < 4.78 is 28.0. The van der Waals surface area contributed by atoms with Crippen LogP contribution in [-0.4, -0.2) is 44.2 Å². The highest BCUT2D eigenvalue weighted by atomic mass is 19.3. The Labute approximate surface area is 148 Å². The van der Waals surface area contributed by atoms with Crippen LogP contribution >= 0.6 is 0 Å². The van der Waals surface area contributed by atoms with Gasteiger partial charge in [-0.1, -0.05) is 12.1 Å². The van der Waals surface area contributed by atoms with Crippen molar-refractivity contribution >= 4 is 11.0 Å². The third-order valence-corrected chi connectivity index (χ3v) is 5.39. The number of aromatic nitrogens is 3. The monoisotopic (exact) mass is 356 g/mol. The van der Waals surface area contributed by atoms with Crippen LogP contribution < -0.4 is 0 Å². The number of nitrogens with one attached hydrogen (secondary N) is 1. The molecule has 1 aromatic carbocycles. The molecule has 0 unspecified atom stereocenters. The fourth-order valence-electron chi connectivity index (χ4n) is 4.05. The molecule has 2 N–H and O–H groups in total. The highest BCUT2D eigenvalue weighted by Crippen LogP contribution is 2.44. The van der Waals surface area contributed by atoms with Gasteiger partial charge in [0.15, 0.2) is 5.65 Å². The van der Waals surface area contributed by atoms with Gasteiger partial charge in [0.25, 0.3) is 6.43 Å².